The van der Waals surface area contributed by atoms with E-state index in [0.29, 0.717) is 27.6 Å². The minimum absolute atomic E-state index is 0.268. The first-order valence-corrected chi connectivity index (χ1v) is 7.22. The van der Waals surface area contributed by atoms with Gasteiger partial charge in [0, 0.05) is 12.5 Å². The van der Waals surface area contributed by atoms with Gasteiger partial charge in [-0.2, -0.15) is 0 Å². The largest absolute Gasteiger partial charge is 0.479 e. The molecule has 4 nitrogen and oxygen atoms in total. The number of nitrogens with one attached hydrogen (secondary N) is 1. The second-order valence-corrected chi connectivity index (χ2v) is 5.50. The van der Waals surface area contributed by atoms with E-state index in [1.165, 1.54) is 0 Å². The third-order valence-electron chi connectivity index (χ3n) is 3.39. The van der Waals surface area contributed by atoms with Crippen molar-refractivity contribution in [2.24, 2.45) is 5.92 Å². The summed E-state index contributed by atoms with van der Waals surface area (Å²) in [7, 11) is 0. The van der Waals surface area contributed by atoms with Gasteiger partial charge in [-0.1, -0.05) is 29.3 Å². The average Bonchev–Trinajstić information content (AvgIpc) is 3.13. The van der Waals surface area contributed by atoms with E-state index in [1.807, 2.05) is 6.07 Å². The molecule has 0 radical (unpaired) electrons. The van der Waals surface area contributed by atoms with E-state index >= 15 is 0 Å². The molecular formula is C14H14Cl2N2O2. The van der Waals surface area contributed by atoms with Gasteiger partial charge in [-0.25, -0.2) is 4.98 Å². The topological polar surface area (TPSA) is 47.3 Å². The number of nitrogens with zero attached hydrogens (tertiary/aromatic N) is 1. The van der Waals surface area contributed by atoms with Crippen LogP contribution in [-0.4, -0.2) is 18.1 Å². The fraction of sp³-hybridized carbons (Fsp3) is 0.357. The lowest BCUT2D eigenvalue weighted by Gasteiger charge is -2.22. The van der Waals surface area contributed by atoms with E-state index in [1.54, 1.807) is 24.6 Å². The van der Waals surface area contributed by atoms with Crippen molar-refractivity contribution in [3.63, 3.8) is 0 Å². The third kappa shape index (κ3) is 2.77. The third-order valence-corrected chi connectivity index (χ3v) is 4.19. The molecule has 0 unspecified atom stereocenters. The first-order chi connectivity index (χ1) is 9.75. The van der Waals surface area contributed by atoms with E-state index in [9.17, 15) is 0 Å². The van der Waals surface area contributed by atoms with Crippen LogP contribution in [0.3, 0.4) is 0 Å². The molecule has 0 bridgehead atoms. The summed E-state index contributed by atoms with van der Waals surface area (Å²) in [6.45, 7) is 1.83. The van der Waals surface area contributed by atoms with Gasteiger partial charge >= 0.3 is 0 Å². The van der Waals surface area contributed by atoms with Crippen LogP contribution in [0.4, 0.5) is 0 Å². The first-order valence-electron chi connectivity index (χ1n) is 6.46. The van der Waals surface area contributed by atoms with E-state index in [0.717, 1.165) is 19.5 Å². The maximum Gasteiger partial charge on any atom is 0.235 e. The molecule has 6 heteroatoms. The molecule has 1 aromatic heterocycles. The molecule has 1 aliphatic heterocycles. The Morgan fingerprint density at radius 2 is 2.30 bits per heavy atom. The van der Waals surface area contributed by atoms with E-state index in [-0.39, 0.29) is 6.10 Å². The van der Waals surface area contributed by atoms with E-state index in [2.05, 4.69) is 10.3 Å². The molecule has 2 heterocycles. The molecule has 0 amide bonds. The summed E-state index contributed by atoms with van der Waals surface area (Å²) in [5, 5.41) is 4.20. The van der Waals surface area contributed by atoms with Crippen LogP contribution in [0.1, 0.15) is 18.4 Å². The number of benzene rings is 1. The van der Waals surface area contributed by atoms with E-state index in [4.69, 9.17) is 32.4 Å². The molecule has 20 heavy (non-hydrogen) atoms. The SMILES string of the molecule is Clc1cccc(O[C@@H](c2ncco2)[C@H]2CCNC2)c1Cl. The number of hydrogen-bond donors (Lipinski definition) is 1. The van der Waals surface area contributed by atoms with Crippen LogP contribution >= 0.6 is 23.2 Å². The van der Waals surface area contributed by atoms with Crippen molar-refractivity contribution in [1.29, 1.82) is 0 Å². The van der Waals surface area contributed by atoms with Gasteiger partial charge in [-0.15, -0.1) is 0 Å². The van der Waals surface area contributed by atoms with Gasteiger partial charge < -0.3 is 14.5 Å². The number of rotatable bonds is 4. The lowest BCUT2D eigenvalue weighted by Crippen LogP contribution is -2.21. The normalized spacial score (nSPS) is 20.0. The van der Waals surface area contributed by atoms with Gasteiger partial charge in [0.2, 0.25) is 5.89 Å². The van der Waals surface area contributed by atoms with Crippen molar-refractivity contribution in [3.05, 3.63) is 46.6 Å². The quantitative estimate of drug-likeness (QED) is 0.935. The van der Waals surface area contributed by atoms with E-state index < -0.39 is 0 Å². The van der Waals surface area contributed by atoms with Gasteiger partial charge in [-0.05, 0) is 25.1 Å². The fourth-order valence-electron chi connectivity index (χ4n) is 2.37. The van der Waals surface area contributed by atoms with Crippen molar-refractivity contribution in [3.8, 4) is 5.75 Å². The highest BCUT2D eigenvalue weighted by Crippen LogP contribution is 2.37. The minimum Gasteiger partial charge on any atom is -0.479 e. The Bertz CT molecular complexity index is 569. The Morgan fingerprint density at radius 3 is 3.00 bits per heavy atom. The van der Waals surface area contributed by atoms with Gasteiger partial charge in [0.25, 0.3) is 0 Å². The molecule has 0 spiro atoms. The standard InChI is InChI=1S/C14H14Cl2N2O2/c15-10-2-1-3-11(12(10)16)20-13(9-4-5-17-8-9)14-18-6-7-19-14/h1-3,6-7,9,13,17H,4-5,8H2/t9-,13+/m0/s1. The smallest absolute Gasteiger partial charge is 0.235 e. The van der Waals surface area contributed by atoms with Gasteiger partial charge in [-0.3, -0.25) is 0 Å². The van der Waals surface area contributed by atoms with Crippen molar-refractivity contribution in [2.45, 2.75) is 12.5 Å². The summed E-state index contributed by atoms with van der Waals surface area (Å²) < 4.78 is 11.5. The lowest BCUT2D eigenvalue weighted by molar-refractivity contribution is 0.114. The molecule has 3 rings (SSSR count). The maximum atomic E-state index is 6.18. The number of oxazole rings is 1. The maximum absolute atomic E-state index is 6.18. The highest BCUT2D eigenvalue weighted by molar-refractivity contribution is 6.42. The Balaban J connectivity index is 1.88. The number of ether oxygens (including phenoxy) is 1. The predicted molar refractivity (Wildman–Crippen MR) is 77.3 cm³/mol. The van der Waals surface area contributed by atoms with Gasteiger partial charge in [0.1, 0.15) is 17.0 Å². The van der Waals surface area contributed by atoms with Crippen molar-refractivity contribution < 1.29 is 9.15 Å². The summed E-state index contributed by atoms with van der Waals surface area (Å²) in [6, 6.07) is 5.34. The zero-order valence-corrected chi connectivity index (χ0v) is 12.2. The van der Waals surface area contributed by atoms with Crippen LogP contribution in [0.25, 0.3) is 0 Å². The summed E-state index contributed by atoms with van der Waals surface area (Å²) in [5.74, 6) is 1.41. The molecule has 1 saturated heterocycles. The van der Waals surface area contributed by atoms with Crippen LogP contribution in [0.2, 0.25) is 10.0 Å². The summed E-state index contributed by atoms with van der Waals surface area (Å²) >= 11 is 12.2. The number of halogens is 2. The van der Waals surface area contributed by atoms with Crippen molar-refractivity contribution >= 4 is 23.2 Å². The van der Waals surface area contributed by atoms with Crippen LogP contribution in [-0.2, 0) is 0 Å². The second kappa shape index (κ2) is 6.04. The highest BCUT2D eigenvalue weighted by Gasteiger charge is 2.31. The molecule has 2 aromatic rings. The average molecular weight is 313 g/mol. The molecule has 1 aliphatic rings. The fourth-order valence-corrected chi connectivity index (χ4v) is 2.71. The molecular weight excluding hydrogens is 299 g/mol. The van der Waals surface area contributed by atoms with Gasteiger partial charge in [0.15, 0.2) is 6.10 Å². The summed E-state index contributed by atoms with van der Waals surface area (Å²) in [6.07, 6.45) is 3.91. The molecule has 1 fully saturated rings. The Morgan fingerprint density at radius 1 is 1.40 bits per heavy atom. The van der Waals surface area contributed by atoms with Gasteiger partial charge in [0.05, 0.1) is 11.2 Å². The summed E-state index contributed by atoms with van der Waals surface area (Å²) in [4.78, 5) is 4.21. The van der Waals surface area contributed by atoms with Crippen molar-refractivity contribution in [2.75, 3.05) is 13.1 Å². The molecule has 0 aliphatic carbocycles. The molecule has 2 atom stereocenters. The van der Waals surface area contributed by atoms with Crippen LogP contribution in [0.5, 0.6) is 5.75 Å². The zero-order valence-electron chi connectivity index (χ0n) is 10.7. The Hall–Kier alpha value is -1.23. The zero-order chi connectivity index (χ0) is 13.9. The Labute approximate surface area is 127 Å². The minimum atomic E-state index is -0.268. The highest BCUT2D eigenvalue weighted by atomic mass is 35.5. The predicted octanol–water partition coefficient (Wildman–Crippen LogP) is 3.71. The Kier molecular flexibility index (Phi) is 4.15. The lowest BCUT2D eigenvalue weighted by atomic mass is 10.0. The second-order valence-electron chi connectivity index (χ2n) is 4.71. The van der Waals surface area contributed by atoms with Crippen LogP contribution in [0, 0.1) is 5.92 Å². The first kappa shape index (κ1) is 13.7. The molecule has 1 N–H and O–H groups in total. The monoisotopic (exact) mass is 312 g/mol. The number of aromatic nitrogens is 1. The summed E-state index contributed by atoms with van der Waals surface area (Å²) in [5.41, 5.74) is 0. The molecule has 0 saturated carbocycles. The van der Waals surface area contributed by atoms with Crippen LogP contribution in [0.15, 0.2) is 35.1 Å². The van der Waals surface area contributed by atoms with Crippen molar-refractivity contribution in [1.82, 2.24) is 10.3 Å². The van der Waals surface area contributed by atoms with Crippen LogP contribution < -0.4 is 10.1 Å². The molecule has 1 aromatic carbocycles. The number of hydrogen-bond acceptors (Lipinski definition) is 4. The molecule has 106 valence electrons.